The second-order valence-electron chi connectivity index (χ2n) is 8.62. The molecule has 3 aromatic heterocycles. The van der Waals surface area contributed by atoms with Crippen molar-refractivity contribution in [1.82, 2.24) is 10.3 Å². The molecular formula is C29H29N3OS3. The number of thiophene rings is 2. The minimum atomic E-state index is -0.186. The number of fused-ring (bicyclic) bond motifs is 2. The van der Waals surface area contributed by atoms with Gasteiger partial charge in [0.15, 0.2) is 0 Å². The van der Waals surface area contributed by atoms with Gasteiger partial charge < -0.3 is 10.6 Å². The standard InChI is InChI=1S/C29H29N3OS3/c1-3-25-21(12-15-30-14-11-19-7-9-26-23(16-19)28(34-2)18-35-26)22-17-20(8-10-27(22)36-25)32-29(33)24-6-4-5-13-31-24/h4-10,13,16-18,30H,3,11-12,14-15H2,1-2H3,(H,32,33). The first kappa shape index (κ1) is 25.0. The first-order valence-corrected chi connectivity index (χ1v) is 15.1. The third-order valence-electron chi connectivity index (χ3n) is 6.32. The number of hydrogen-bond acceptors (Lipinski definition) is 6. The van der Waals surface area contributed by atoms with Gasteiger partial charge in [-0.15, -0.1) is 34.4 Å². The summed E-state index contributed by atoms with van der Waals surface area (Å²) in [5.74, 6) is -0.186. The van der Waals surface area contributed by atoms with Crippen LogP contribution in [0.15, 0.2) is 71.1 Å². The van der Waals surface area contributed by atoms with Gasteiger partial charge >= 0.3 is 0 Å². The van der Waals surface area contributed by atoms with Crippen LogP contribution in [0.25, 0.3) is 20.2 Å². The Bertz CT molecular complexity index is 1490. The lowest BCUT2D eigenvalue weighted by Gasteiger charge is -2.08. The maximum atomic E-state index is 12.6. The fourth-order valence-corrected chi connectivity index (χ4v) is 7.43. The number of nitrogens with zero attached hydrogens (tertiary/aromatic N) is 1. The van der Waals surface area contributed by atoms with E-state index in [0.717, 1.165) is 38.0 Å². The van der Waals surface area contributed by atoms with E-state index in [0.29, 0.717) is 5.69 Å². The molecule has 0 aliphatic rings. The summed E-state index contributed by atoms with van der Waals surface area (Å²) in [5, 5.41) is 11.5. The van der Waals surface area contributed by atoms with Crippen LogP contribution in [0.4, 0.5) is 5.69 Å². The van der Waals surface area contributed by atoms with Gasteiger partial charge in [-0.1, -0.05) is 19.1 Å². The summed E-state index contributed by atoms with van der Waals surface area (Å²) < 4.78 is 2.63. The second-order valence-corrected chi connectivity index (χ2v) is 11.5. The van der Waals surface area contributed by atoms with Crippen molar-refractivity contribution in [2.24, 2.45) is 0 Å². The number of carbonyl (C=O) groups is 1. The molecule has 2 aromatic carbocycles. The van der Waals surface area contributed by atoms with Crippen LogP contribution < -0.4 is 10.6 Å². The summed E-state index contributed by atoms with van der Waals surface area (Å²) in [7, 11) is 0. The molecule has 0 radical (unpaired) electrons. The van der Waals surface area contributed by atoms with Crippen molar-refractivity contribution in [3.63, 3.8) is 0 Å². The predicted molar refractivity (Wildman–Crippen MR) is 157 cm³/mol. The number of amides is 1. The summed E-state index contributed by atoms with van der Waals surface area (Å²) in [4.78, 5) is 19.5. The van der Waals surface area contributed by atoms with E-state index in [4.69, 9.17) is 0 Å². The Balaban J connectivity index is 1.22. The van der Waals surface area contributed by atoms with Crippen molar-refractivity contribution in [1.29, 1.82) is 0 Å². The minimum Gasteiger partial charge on any atom is -0.321 e. The van der Waals surface area contributed by atoms with Crippen LogP contribution in [0.1, 0.15) is 33.4 Å². The van der Waals surface area contributed by atoms with Crippen LogP contribution in [0.5, 0.6) is 0 Å². The summed E-state index contributed by atoms with van der Waals surface area (Å²) in [5.41, 5.74) is 4.00. The second kappa shape index (κ2) is 11.6. The van der Waals surface area contributed by atoms with Crippen LogP contribution >= 0.6 is 34.4 Å². The van der Waals surface area contributed by atoms with Crippen molar-refractivity contribution >= 4 is 66.2 Å². The quantitative estimate of drug-likeness (QED) is 0.145. The molecule has 0 fully saturated rings. The normalized spacial score (nSPS) is 11.4. The number of rotatable bonds is 10. The average molecular weight is 532 g/mol. The largest absolute Gasteiger partial charge is 0.321 e. The van der Waals surface area contributed by atoms with Gasteiger partial charge in [0.25, 0.3) is 5.91 Å². The predicted octanol–water partition coefficient (Wildman–Crippen LogP) is 7.42. The Kier molecular flexibility index (Phi) is 8.02. The summed E-state index contributed by atoms with van der Waals surface area (Å²) >= 11 is 5.50. The highest BCUT2D eigenvalue weighted by Crippen LogP contribution is 2.34. The number of nitrogens with one attached hydrogen (secondary N) is 2. The van der Waals surface area contributed by atoms with Gasteiger partial charge in [0.2, 0.25) is 0 Å². The maximum Gasteiger partial charge on any atom is 0.274 e. The van der Waals surface area contributed by atoms with Gasteiger partial charge in [-0.05, 0) is 97.6 Å². The zero-order chi connectivity index (χ0) is 24.9. The molecule has 5 aromatic rings. The van der Waals surface area contributed by atoms with Gasteiger partial charge in [0.05, 0.1) is 0 Å². The van der Waals surface area contributed by atoms with Crippen molar-refractivity contribution in [3.05, 3.63) is 87.9 Å². The zero-order valence-electron chi connectivity index (χ0n) is 20.5. The van der Waals surface area contributed by atoms with Crippen LogP contribution in [0.2, 0.25) is 0 Å². The van der Waals surface area contributed by atoms with Crippen LogP contribution in [-0.2, 0) is 19.3 Å². The van der Waals surface area contributed by atoms with E-state index in [2.05, 4.69) is 64.5 Å². The molecule has 3 heterocycles. The maximum absolute atomic E-state index is 12.6. The first-order chi connectivity index (χ1) is 17.7. The number of aromatic nitrogens is 1. The number of benzene rings is 2. The average Bonchev–Trinajstić information content (AvgIpc) is 3.49. The smallest absolute Gasteiger partial charge is 0.274 e. The number of hydrogen-bond donors (Lipinski definition) is 2. The molecule has 7 heteroatoms. The monoisotopic (exact) mass is 531 g/mol. The molecule has 0 aliphatic carbocycles. The van der Waals surface area contributed by atoms with Crippen LogP contribution in [0, 0.1) is 0 Å². The van der Waals surface area contributed by atoms with Crippen molar-refractivity contribution in [2.75, 3.05) is 24.7 Å². The molecule has 0 saturated heterocycles. The van der Waals surface area contributed by atoms with Gasteiger partial charge in [-0.3, -0.25) is 9.78 Å². The van der Waals surface area contributed by atoms with Crippen LogP contribution in [0.3, 0.4) is 0 Å². The van der Waals surface area contributed by atoms with E-state index in [1.807, 2.05) is 52.6 Å². The Morgan fingerprint density at radius 1 is 1.00 bits per heavy atom. The summed E-state index contributed by atoms with van der Waals surface area (Å²) in [6, 6.07) is 18.4. The molecule has 184 valence electrons. The van der Waals surface area contributed by atoms with E-state index in [-0.39, 0.29) is 5.91 Å². The fourth-order valence-electron chi connectivity index (χ4n) is 4.47. The Morgan fingerprint density at radius 2 is 1.86 bits per heavy atom. The number of aryl methyl sites for hydroxylation is 1. The van der Waals surface area contributed by atoms with Gasteiger partial charge in [0, 0.05) is 41.8 Å². The third-order valence-corrected chi connectivity index (χ3v) is 9.56. The molecule has 4 nitrogen and oxygen atoms in total. The molecule has 0 saturated carbocycles. The van der Waals surface area contributed by atoms with E-state index in [1.54, 1.807) is 12.3 Å². The lowest BCUT2D eigenvalue weighted by Crippen LogP contribution is -2.20. The van der Waals surface area contributed by atoms with Gasteiger partial charge in [0.1, 0.15) is 5.69 Å². The molecule has 0 atom stereocenters. The zero-order valence-corrected chi connectivity index (χ0v) is 22.9. The first-order valence-electron chi connectivity index (χ1n) is 12.2. The number of anilines is 1. The van der Waals surface area contributed by atoms with Crippen LogP contribution in [-0.4, -0.2) is 30.2 Å². The van der Waals surface area contributed by atoms with E-state index < -0.39 is 0 Å². The van der Waals surface area contributed by atoms with E-state index in [9.17, 15) is 4.79 Å². The number of carbonyl (C=O) groups excluding carboxylic acids is 1. The van der Waals surface area contributed by atoms with Gasteiger partial charge in [-0.25, -0.2) is 0 Å². The Labute approximate surface area is 224 Å². The highest BCUT2D eigenvalue weighted by atomic mass is 32.2. The van der Waals surface area contributed by atoms with E-state index >= 15 is 0 Å². The fraction of sp³-hybridized carbons (Fsp3) is 0.241. The molecule has 1 amide bonds. The van der Waals surface area contributed by atoms with Crippen molar-refractivity contribution in [2.45, 2.75) is 31.1 Å². The van der Waals surface area contributed by atoms with Crippen molar-refractivity contribution in [3.8, 4) is 0 Å². The molecule has 5 rings (SSSR count). The highest BCUT2D eigenvalue weighted by molar-refractivity contribution is 7.99. The Hall–Kier alpha value is -2.71. The van der Waals surface area contributed by atoms with Crippen molar-refractivity contribution < 1.29 is 4.79 Å². The van der Waals surface area contributed by atoms with E-state index in [1.165, 1.54) is 41.1 Å². The molecule has 0 unspecified atom stereocenters. The lowest BCUT2D eigenvalue weighted by atomic mass is 10.1. The highest BCUT2D eigenvalue weighted by Gasteiger charge is 2.13. The number of pyridine rings is 1. The number of thioether (sulfide) groups is 1. The summed E-state index contributed by atoms with van der Waals surface area (Å²) in [6.07, 6.45) is 6.79. The molecule has 0 bridgehead atoms. The summed E-state index contributed by atoms with van der Waals surface area (Å²) in [6.45, 7) is 4.11. The Morgan fingerprint density at radius 3 is 2.67 bits per heavy atom. The molecule has 36 heavy (non-hydrogen) atoms. The molecule has 0 aliphatic heterocycles. The molecule has 2 N–H and O–H groups in total. The van der Waals surface area contributed by atoms with Gasteiger partial charge in [-0.2, -0.15) is 0 Å². The topological polar surface area (TPSA) is 54.0 Å². The molecular weight excluding hydrogens is 503 g/mol. The third kappa shape index (κ3) is 5.49. The lowest BCUT2D eigenvalue weighted by molar-refractivity contribution is 0.102. The molecule has 0 spiro atoms. The minimum absolute atomic E-state index is 0.186. The SMILES string of the molecule is CCc1sc2ccc(NC(=O)c3ccccn3)cc2c1CCNCCc1ccc2scc(SC)c2c1.